The molecule has 0 atom stereocenters. The highest BCUT2D eigenvalue weighted by molar-refractivity contribution is 5.69. The fraction of sp³-hybridized carbons (Fsp3) is 0.632. The van der Waals surface area contributed by atoms with Gasteiger partial charge in [-0.25, -0.2) is 0 Å². The van der Waals surface area contributed by atoms with E-state index >= 15 is 0 Å². The van der Waals surface area contributed by atoms with Gasteiger partial charge in [0, 0.05) is 12.8 Å². The van der Waals surface area contributed by atoms with Gasteiger partial charge < -0.3 is 9.47 Å². The Labute approximate surface area is 260 Å². The van der Waals surface area contributed by atoms with Crippen LogP contribution in [0, 0.1) is 0 Å². The summed E-state index contributed by atoms with van der Waals surface area (Å²) < 4.78 is 9.22. The van der Waals surface area contributed by atoms with Crippen LogP contribution in [0.4, 0.5) is 0 Å². The predicted molar refractivity (Wildman–Crippen MR) is 183 cm³/mol. The number of esters is 2. The summed E-state index contributed by atoms with van der Waals surface area (Å²) in [5.41, 5.74) is 0. The Morgan fingerprint density at radius 3 is 1.02 bits per heavy atom. The zero-order chi connectivity index (χ0) is 31.2. The first kappa shape index (κ1) is 41.5. The number of carbonyl (C=O) groups is 2. The van der Waals surface area contributed by atoms with E-state index in [9.17, 15) is 9.59 Å². The second-order valence-corrected chi connectivity index (χ2v) is 10.4. The van der Waals surface area contributed by atoms with E-state index in [2.05, 4.69) is 96.2 Å². The molecule has 4 heteroatoms. The van der Waals surface area contributed by atoms with Crippen LogP contribution in [0.5, 0.6) is 0 Å². The maximum absolute atomic E-state index is 10.9. The van der Waals surface area contributed by atoms with Crippen molar-refractivity contribution in [3.8, 4) is 0 Å². The van der Waals surface area contributed by atoms with Crippen molar-refractivity contribution >= 4 is 11.9 Å². The Hall–Kier alpha value is -2.62. The third kappa shape index (κ3) is 39.5. The van der Waals surface area contributed by atoms with Gasteiger partial charge in [0.1, 0.15) is 0 Å². The smallest absolute Gasteiger partial charge is 0.305 e. The van der Waals surface area contributed by atoms with Gasteiger partial charge in [0.25, 0.3) is 0 Å². The molecule has 0 saturated carbocycles. The molecule has 0 saturated heterocycles. The van der Waals surface area contributed by atoms with Crippen LogP contribution in [0.2, 0.25) is 0 Å². The molecular weight excluding hydrogens is 520 g/mol. The van der Waals surface area contributed by atoms with E-state index in [0.29, 0.717) is 12.8 Å². The average Bonchev–Trinajstić information content (AvgIpc) is 3.01. The van der Waals surface area contributed by atoms with Crippen LogP contribution >= 0.6 is 0 Å². The van der Waals surface area contributed by atoms with Crippen LogP contribution in [-0.2, 0) is 19.1 Å². The first-order valence-electron chi connectivity index (χ1n) is 16.7. The maximum atomic E-state index is 10.9. The van der Waals surface area contributed by atoms with Gasteiger partial charge in [-0.3, -0.25) is 9.59 Å². The van der Waals surface area contributed by atoms with E-state index in [1.807, 2.05) is 0 Å². The summed E-state index contributed by atoms with van der Waals surface area (Å²) in [7, 11) is 2.90. The minimum atomic E-state index is -0.0869. The third-order valence-corrected chi connectivity index (χ3v) is 6.52. The van der Waals surface area contributed by atoms with Crippen molar-refractivity contribution in [3.63, 3.8) is 0 Å². The second-order valence-electron chi connectivity index (χ2n) is 10.4. The molecule has 0 spiro atoms. The molecule has 0 N–H and O–H groups in total. The van der Waals surface area contributed by atoms with Crippen molar-refractivity contribution in [2.75, 3.05) is 14.2 Å². The van der Waals surface area contributed by atoms with Gasteiger partial charge in [0.05, 0.1) is 14.2 Å². The van der Waals surface area contributed by atoms with Crippen molar-refractivity contribution in [1.29, 1.82) is 0 Å². The van der Waals surface area contributed by atoms with E-state index in [1.165, 1.54) is 65.6 Å². The summed E-state index contributed by atoms with van der Waals surface area (Å²) in [6.07, 6.45) is 48.3. The van der Waals surface area contributed by atoms with Gasteiger partial charge >= 0.3 is 11.9 Å². The Balaban J connectivity index is 0. The van der Waals surface area contributed by atoms with Gasteiger partial charge in [-0.2, -0.15) is 0 Å². The number of methoxy groups -OCH3 is 2. The molecule has 0 amide bonds. The number of carbonyl (C=O) groups excluding carboxylic acids is 2. The van der Waals surface area contributed by atoms with Crippen molar-refractivity contribution in [2.24, 2.45) is 0 Å². The SMILES string of the molecule is CC/C=C\C/C=C\C/C=C\CCCCCCCC(=O)OC.CC/C=C\C/C=C\C/C=C\CCCCCCCC(=O)OC. The number of unbranched alkanes of at least 4 members (excludes halogenated alkanes) is 10. The van der Waals surface area contributed by atoms with E-state index in [1.54, 1.807) is 0 Å². The standard InChI is InChI=1S/2C19H32O2/c2*1-3-4-5-6-7-8-9-10-11-12-13-14-15-16-17-18-19(20)21-2/h2*4-5,7-8,10-11H,3,6,9,12-18H2,1-2H3/b2*5-4-,8-7-,11-10-. The molecule has 0 bridgehead atoms. The molecule has 0 rings (SSSR count). The molecule has 0 aliphatic heterocycles. The molecule has 0 fully saturated rings. The lowest BCUT2D eigenvalue weighted by atomic mass is 10.1. The van der Waals surface area contributed by atoms with Crippen molar-refractivity contribution in [3.05, 3.63) is 72.9 Å². The summed E-state index contributed by atoms with van der Waals surface area (Å²) in [6, 6.07) is 0. The van der Waals surface area contributed by atoms with Crippen molar-refractivity contribution in [1.82, 2.24) is 0 Å². The molecule has 0 aliphatic carbocycles. The normalized spacial score (nSPS) is 11.9. The molecule has 0 aromatic carbocycles. The van der Waals surface area contributed by atoms with Crippen LogP contribution in [0.15, 0.2) is 72.9 Å². The Morgan fingerprint density at radius 1 is 0.405 bits per heavy atom. The summed E-state index contributed by atoms with van der Waals surface area (Å²) in [6.45, 7) is 4.31. The molecule has 4 nitrogen and oxygen atoms in total. The average molecular weight is 585 g/mol. The first-order valence-corrected chi connectivity index (χ1v) is 16.7. The summed E-state index contributed by atoms with van der Waals surface area (Å²) >= 11 is 0. The third-order valence-electron chi connectivity index (χ3n) is 6.52. The van der Waals surface area contributed by atoms with Crippen molar-refractivity contribution in [2.45, 2.75) is 142 Å². The Kier molecular flexibility index (Phi) is 37.9. The lowest BCUT2D eigenvalue weighted by molar-refractivity contribution is -0.141. The van der Waals surface area contributed by atoms with Crippen molar-refractivity contribution < 1.29 is 19.1 Å². The number of hydrogen-bond donors (Lipinski definition) is 0. The van der Waals surface area contributed by atoms with Crippen LogP contribution < -0.4 is 0 Å². The Morgan fingerprint density at radius 2 is 0.690 bits per heavy atom. The molecule has 42 heavy (non-hydrogen) atoms. The summed E-state index contributed by atoms with van der Waals surface area (Å²) in [4.78, 5) is 21.8. The molecule has 0 aromatic heterocycles. The maximum Gasteiger partial charge on any atom is 0.305 e. The van der Waals surface area contributed by atoms with Gasteiger partial charge in [0.15, 0.2) is 0 Å². The molecular formula is C38H64O4. The van der Waals surface area contributed by atoms with E-state index in [4.69, 9.17) is 0 Å². The zero-order valence-electron chi connectivity index (χ0n) is 27.7. The van der Waals surface area contributed by atoms with E-state index < -0.39 is 0 Å². The highest BCUT2D eigenvalue weighted by Crippen LogP contribution is 2.09. The van der Waals surface area contributed by atoms with E-state index in [-0.39, 0.29) is 11.9 Å². The predicted octanol–water partition coefficient (Wildman–Crippen LogP) is 11.5. The van der Waals surface area contributed by atoms with Gasteiger partial charge in [-0.1, -0.05) is 125 Å². The molecule has 0 aromatic rings. The molecule has 240 valence electrons. The number of ether oxygens (including phenoxy) is 2. The molecule has 0 unspecified atom stereocenters. The lowest BCUT2D eigenvalue weighted by Gasteiger charge is -1.99. The highest BCUT2D eigenvalue weighted by Gasteiger charge is 1.99. The monoisotopic (exact) mass is 584 g/mol. The van der Waals surface area contributed by atoms with Gasteiger partial charge in [-0.05, 0) is 77.0 Å². The van der Waals surface area contributed by atoms with E-state index in [0.717, 1.165) is 64.2 Å². The molecule has 0 heterocycles. The highest BCUT2D eigenvalue weighted by atomic mass is 16.5. The largest absolute Gasteiger partial charge is 0.469 e. The van der Waals surface area contributed by atoms with Gasteiger partial charge in [-0.15, -0.1) is 0 Å². The van der Waals surface area contributed by atoms with Crippen LogP contribution in [0.25, 0.3) is 0 Å². The number of allylic oxidation sites excluding steroid dienone is 12. The quantitative estimate of drug-likeness (QED) is 0.0576. The lowest BCUT2D eigenvalue weighted by Crippen LogP contribution is -1.98. The topological polar surface area (TPSA) is 52.6 Å². The fourth-order valence-corrected chi connectivity index (χ4v) is 3.98. The Bertz CT molecular complexity index is 691. The van der Waals surface area contributed by atoms with Crippen LogP contribution in [0.1, 0.15) is 142 Å². The molecule has 0 aliphatic rings. The van der Waals surface area contributed by atoms with Gasteiger partial charge in [0.2, 0.25) is 0 Å². The summed E-state index contributed by atoms with van der Waals surface area (Å²) in [5, 5.41) is 0. The molecule has 0 radical (unpaired) electrons. The number of rotatable bonds is 26. The van der Waals surface area contributed by atoms with Crippen LogP contribution in [-0.4, -0.2) is 26.2 Å². The second kappa shape index (κ2) is 38.4. The summed E-state index contributed by atoms with van der Waals surface area (Å²) in [5.74, 6) is -0.174. The minimum absolute atomic E-state index is 0.0869. The zero-order valence-corrected chi connectivity index (χ0v) is 27.7. The first-order chi connectivity index (χ1) is 20.6. The fourth-order valence-electron chi connectivity index (χ4n) is 3.98. The van der Waals surface area contributed by atoms with Crippen LogP contribution in [0.3, 0.4) is 0 Å². The number of hydrogen-bond acceptors (Lipinski definition) is 4. The minimum Gasteiger partial charge on any atom is -0.469 e.